The van der Waals surface area contributed by atoms with Crippen molar-refractivity contribution in [3.05, 3.63) is 96.2 Å². The summed E-state index contributed by atoms with van der Waals surface area (Å²) in [5, 5.41) is 3.05. The molecule has 1 fully saturated rings. The predicted molar refractivity (Wildman–Crippen MR) is 121 cm³/mol. The van der Waals surface area contributed by atoms with Crippen LogP contribution in [-0.2, 0) is 4.79 Å². The topological polar surface area (TPSA) is 65.5 Å². The summed E-state index contributed by atoms with van der Waals surface area (Å²) >= 11 is 0. The van der Waals surface area contributed by atoms with E-state index in [9.17, 15) is 9.59 Å². The lowest BCUT2D eigenvalue weighted by Gasteiger charge is -2.36. The van der Waals surface area contributed by atoms with Gasteiger partial charge in [-0.25, -0.2) is 4.98 Å². The monoisotopic (exact) mass is 414 g/mol. The SMILES string of the molecule is O=C(N[C@H](CC(=O)N1CCN(c2ccccn2)CC1)c1ccccc1)c1ccccc1. The molecule has 31 heavy (non-hydrogen) atoms. The maximum absolute atomic E-state index is 13.1. The fourth-order valence-corrected chi connectivity index (χ4v) is 3.80. The number of amides is 2. The van der Waals surface area contributed by atoms with Gasteiger partial charge in [0.25, 0.3) is 5.91 Å². The average molecular weight is 415 g/mol. The van der Waals surface area contributed by atoms with Crippen molar-refractivity contribution in [2.45, 2.75) is 12.5 Å². The Balaban J connectivity index is 1.41. The number of benzene rings is 2. The number of carbonyl (C=O) groups is 2. The van der Waals surface area contributed by atoms with E-state index in [0.29, 0.717) is 18.7 Å². The first-order valence-corrected chi connectivity index (χ1v) is 10.6. The molecule has 0 bridgehead atoms. The van der Waals surface area contributed by atoms with Crippen LogP contribution in [0.4, 0.5) is 5.82 Å². The third-order valence-corrected chi connectivity index (χ3v) is 5.53. The Bertz CT molecular complexity index is 988. The van der Waals surface area contributed by atoms with Gasteiger partial charge in [0, 0.05) is 37.9 Å². The number of hydrogen-bond donors (Lipinski definition) is 1. The number of hydrogen-bond acceptors (Lipinski definition) is 4. The molecule has 6 heteroatoms. The quantitative estimate of drug-likeness (QED) is 0.672. The first-order valence-electron chi connectivity index (χ1n) is 10.6. The van der Waals surface area contributed by atoms with Gasteiger partial charge in [-0.3, -0.25) is 9.59 Å². The summed E-state index contributed by atoms with van der Waals surface area (Å²) in [4.78, 5) is 34.3. The zero-order valence-electron chi connectivity index (χ0n) is 17.4. The summed E-state index contributed by atoms with van der Waals surface area (Å²) in [7, 11) is 0. The van der Waals surface area contributed by atoms with Gasteiger partial charge >= 0.3 is 0 Å². The van der Waals surface area contributed by atoms with Crippen LogP contribution in [0.3, 0.4) is 0 Å². The molecule has 0 spiro atoms. The fraction of sp³-hybridized carbons (Fsp3) is 0.240. The highest BCUT2D eigenvalue weighted by Crippen LogP contribution is 2.20. The summed E-state index contributed by atoms with van der Waals surface area (Å²) in [6, 6.07) is 24.2. The van der Waals surface area contributed by atoms with Crippen LogP contribution in [0.2, 0.25) is 0 Å². The van der Waals surface area contributed by atoms with E-state index in [1.54, 1.807) is 18.3 Å². The molecule has 158 valence electrons. The van der Waals surface area contributed by atoms with Gasteiger partial charge in [-0.05, 0) is 29.8 Å². The molecule has 2 aromatic carbocycles. The fourth-order valence-electron chi connectivity index (χ4n) is 3.80. The molecule has 1 aliphatic rings. The lowest BCUT2D eigenvalue weighted by atomic mass is 10.0. The van der Waals surface area contributed by atoms with Crippen LogP contribution in [0.25, 0.3) is 0 Å². The maximum Gasteiger partial charge on any atom is 0.251 e. The summed E-state index contributed by atoms with van der Waals surface area (Å²) in [5.74, 6) is 0.803. The molecule has 1 atom stereocenters. The third-order valence-electron chi connectivity index (χ3n) is 5.53. The Morgan fingerprint density at radius 3 is 2.13 bits per heavy atom. The van der Waals surface area contributed by atoms with Crippen LogP contribution in [-0.4, -0.2) is 47.9 Å². The van der Waals surface area contributed by atoms with Crippen LogP contribution >= 0.6 is 0 Å². The van der Waals surface area contributed by atoms with Gasteiger partial charge in [0.05, 0.1) is 12.5 Å². The smallest absolute Gasteiger partial charge is 0.251 e. The number of pyridine rings is 1. The predicted octanol–water partition coefficient (Wildman–Crippen LogP) is 3.29. The molecule has 6 nitrogen and oxygen atoms in total. The highest BCUT2D eigenvalue weighted by atomic mass is 16.2. The number of anilines is 1. The Morgan fingerprint density at radius 1 is 0.839 bits per heavy atom. The van der Waals surface area contributed by atoms with Gasteiger partial charge in [0.1, 0.15) is 5.82 Å². The molecule has 2 heterocycles. The van der Waals surface area contributed by atoms with Crippen LogP contribution in [0.5, 0.6) is 0 Å². The van der Waals surface area contributed by atoms with Crippen molar-refractivity contribution in [3.8, 4) is 0 Å². The van der Waals surface area contributed by atoms with E-state index in [1.165, 1.54) is 0 Å². The Kier molecular flexibility index (Phi) is 6.57. The summed E-state index contributed by atoms with van der Waals surface area (Å²) in [5.41, 5.74) is 1.51. The number of nitrogens with zero attached hydrogens (tertiary/aromatic N) is 3. The van der Waals surface area contributed by atoms with E-state index < -0.39 is 0 Å². The molecule has 0 unspecified atom stereocenters. The molecule has 3 aromatic rings. The van der Waals surface area contributed by atoms with Crippen LogP contribution < -0.4 is 10.2 Å². The molecule has 1 saturated heterocycles. The Labute approximate surface area is 182 Å². The first kappa shape index (κ1) is 20.6. The van der Waals surface area contributed by atoms with Crippen molar-refractivity contribution in [1.82, 2.24) is 15.2 Å². The van der Waals surface area contributed by atoms with Gasteiger partial charge in [-0.2, -0.15) is 0 Å². The number of carbonyl (C=O) groups excluding carboxylic acids is 2. The first-order chi connectivity index (χ1) is 15.2. The summed E-state index contributed by atoms with van der Waals surface area (Å²) in [6.45, 7) is 2.78. The Hall–Kier alpha value is -3.67. The van der Waals surface area contributed by atoms with E-state index in [0.717, 1.165) is 24.5 Å². The molecular weight excluding hydrogens is 388 g/mol. The van der Waals surface area contributed by atoms with Crippen molar-refractivity contribution in [1.29, 1.82) is 0 Å². The van der Waals surface area contributed by atoms with E-state index in [1.807, 2.05) is 71.6 Å². The molecule has 1 aromatic heterocycles. The van der Waals surface area contributed by atoms with Crippen LogP contribution in [0.15, 0.2) is 85.1 Å². The Morgan fingerprint density at radius 2 is 1.48 bits per heavy atom. The van der Waals surface area contributed by atoms with Gasteiger partial charge in [0.15, 0.2) is 0 Å². The van der Waals surface area contributed by atoms with E-state index in [-0.39, 0.29) is 24.3 Å². The zero-order valence-corrected chi connectivity index (χ0v) is 17.4. The second-order valence-electron chi connectivity index (χ2n) is 7.56. The minimum Gasteiger partial charge on any atom is -0.353 e. The molecule has 1 aliphatic heterocycles. The lowest BCUT2D eigenvalue weighted by Crippen LogP contribution is -2.49. The third kappa shape index (κ3) is 5.28. The number of aromatic nitrogens is 1. The van der Waals surface area contributed by atoms with E-state index >= 15 is 0 Å². The minimum atomic E-state index is -0.379. The number of rotatable bonds is 6. The minimum absolute atomic E-state index is 0.0443. The van der Waals surface area contributed by atoms with Crippen molar-refractivity contribution in [2.75, 3.05) is 31.1 Å². The van der Waals surface area contributed by atoms with Crippen molar-refractivity contribution >= 4 is 17.6 Å². The average Bonchev–Trinajstić information content (AvgIpc) is 2.85. The van der Waals surface area contributed by atoms with Crippen LogP contribution in [0, 0.1) is 0 Å². The van der Waals surface area contributed by atoms with Crippen molar-refractivity contribution < 1.29 is 9.59 Å². The van der Waals surface area contributed by atoms with Crippen LogP contribution in [0.1, 0.15) is 28.4 Å². The number of nitrogens with one attached hydrogen (secondary N) is 1. The molecule has 2 amide bonds. The van der Waals surface area contributed by atoms with Gasteiger partial charge in [0.2, 0.25) is 5.91 Å². The molecule has 0 radical (unpaired) electrons. The van der Waals surface area contributed by atoms with Gasteiger partial charge < -0.3 is 15.1 Å². The summed E-state index contributed by atoms with van der Waals surface area (Å²) in [6.07, 6.45) is 2.01. The van der Waals surface area contributed by atoms with Gasteiger partial charge in [-0.1, -0.05) is 54.6 Å². The molecule has 0 saturated carbocycles. The van der Waals surface area contributed by atoms with Crippen molar-refractivity contribution in [3.63, 3.8) is 0 Å². The van der Waals surface area contributed by atoms with E-state index in [2.05, 4.69) is 15.2 Å². The highest BCUT2D eigenvalue weighted by molar-refractivity contribution is 5.94. The highest BCUT2D eigenvalue weighted by Gasteiger charge is 2.26. The standard InChI is InChI=1S/C25H26N4O2/c30-24(29-17-15-28(16-18-29)23-13-7-8-14-26-23)19-22(20-9-3-1-4-10-20)27-25(31)21-11-5-2-6-12-21/h1-14,22H,15-19H2,(H,27,31)/t22-/m1/s1. The number of piperazine rings is 1. The lowest BCUT2D eigenvalue weighted by molar-refractivity contribution is -0.132. The zero-order chi connectivity index (χ0) is 21.5. The van der Waals surface area contributed by atoms with Gasteiger partial charge in [-0.15, -0.1) is 0 Å². The summed E-state index contributed by atoms with van der Waals surface area (Å²) < 4.78 is 0. The largest absolute Gasteiger partial charge is 0.353 e. The van der Waals surface area contributed by atoms with Crippen molar-refractivity contribution in [2.24, 2.45) is 0 Å². The normalized spacial score (nSPS) is 14.7. The maximum atomic E-state index is 13.1. The molecular formula is C25H26N4O2. The molecule has 4 rings (SSSR count). The second kappa shape index (κ2) is 9.89. The van der Waals surface area contributed by atoms with E-state index in [4.69, 9.17) is 0 Å². The molecule has 0 aliphatic carbocycles. The second-order valence-corrected chi connectivity index (χ2v) is 7.56. The molecule has 1 N–H and O–H groups in total.